The van der Waals surface area contributed by atoms with Crippen molar-refractivity contribution in [1.82, 2.24) is 14.8 Å². The molecule has 0 saturated carbocycles. The van der Waals surface area contributed by atoms with Crippen LogP contribution in [-0.4, -0.2) is 27.4 Å². The van der Waals surface area contributed by atoms with Gasteiger partial charge in [0.2, 0.25) is 5.88 Å². The minimum Gasteiger partial charge on any atom is -0.478 e. The number of carbonyl (C=O) groups is 1. The monoisotopic (exact) mass is 281 g/mol. The Morgan fingerprint density at radius 2 is 2.33 bits per heavy atom. The van der Waals surface area contributed by atoms with Gasteiger partial charge in [0.05, 0.1) is 12.1 Å². The molecule has 0 aliphatic heterocycles. The van der Waals surface area contributed by atoms with Crippen LogP contribution in [0.1, 0.15) is 6.92 Å². The molecular formula is C15H13N4O2. The van der Waals surface area contributed by atoms with Crippen LogP contribution in [0.4, 0.5) is 4.79 Å². The van der Waals surface area contributed by atoms with Gasteiger partial charge in [-0.05, 0) is 31.2 Å². The first-order chi connectivity index (χ1) is 10.2. The molecule has 0 atom stereocenters. The third kappa shape index (κ3) is 2.31. The number of hydrogen-bond donors (Lipinski definition) is 1. The fourth-order valence-corrected chi connectivity index (χ4v) is 2.17. The number of fused-ring (bicyclic) bond motifs is 1. The average Bonchev–Trinajstić information content (AvgIpc) is 2.88. The van der Waals surface area contributed by atoms with E-state index in [1.807, 2.05) is 13.0 Å². The lowest BCUT2D eigenvalue weighted by atomic mass is 10.1. The highest BCUT2D eigenvalue weighted by Gasteiger charge is 2.15. The van der Waals surface area contributed by atoms with Gasteiger partial charge in [-0.1, -0.05) is 6.07 Å². The van der Waals surface area contributed by atoms with E-state index >= 15 is 0 Å². The molecule has 2 aromatic heterocycles. The normalized spacial score (nSPS) is 10.7. The van der Waals surface area contributed by atoms with E-state index in [9.17, 15) is 4.79 Å². The largest absolute Gasteiger partial charge is 0.478 e. The zero-order valence-electron chi connectivity index (χ0n) is 11.4. The smallest absolute Gasteiger partial charge is 0.340 e. The summed E-state index contributed by atoms with van der Waals surface area (Å²) >= 11 is 0. The second-order valence-corrected chi connectivity index (χ2v) is 4.36. The summed E-state index contributed by atoms with van der Waals surface area (Å²) < 4.78 is 6.57. The molecule has 0 unspecified atom stereocenters. The fourth-order valence-electron chi connectivity index (χ4n) is 2.17. The van der Waals surface area contributed by atoms with E-state index < -0.39 is 6.03 Å². The van der Waals surface area contributed by atoms with Crippen molar-refractivity contribution in [1.29, 1.82) is 0 Å². The molecule has 2 heterocycles. The predicted molar refractivity (Wildman–Crippen MR) is 78.0 cm³/mol. The van der Waals surface area contributed by atoms with Crippen LogP contribution in [0.3, 0.4) is 0 Å². The number of carbonyl (C=O) groups excluding carboxylic acids is 1. The van der Waals surface area contributed by atoms with Crippen LogP contribution >= 0.6 is 0 Å². The van der Waals surface area contributed by atoms with E-state index in [4.69, 9.17) is 10.5 Å². The molecule has 3 aromatic rings. The molecular weight excluding hydrogens is 268 g/mol. The lowest BCUT2D eigenvalue weighted by Gasteiger charge is -2.03. The molecule has 3 rings (SSSR count). The van der Waals surface area contributed by atoms with Gasteiger partial charge in [0.25, 0.3) is 0 Å². The Hall–Kier alpha value is -2.89. The van der Waals surface area contributed by atoms with Crippen LogP contribution in [0.25, 0.3) is 22.2 Å². The molecule has 2 N–H and O–H groups in total. The minimum absolute atomic E-state index is 0.511. The van der Waals surface area contributed by atoms with Crippen LogP contribution < -0.4 is 10.5 Å². The molecule has 0 fully saturated rings. The summed E-state index contributed by atoms with van der Waals surface area (Å²) in [5, 5.41) is 5.10. The quantitative estimate of drug-likeness (QED) is 0.798. The second-order valence-electron chi connectivity index (χ2n) is 4.36. The van der Waals surface area contributed by atoms with Gasteiger partial charge in [-0.15, -0.1) is 0 Å². The molecule has 6 heteroatoms. The predicted octanol–water partition coefficient (Wildman–Crippen LogP) is 2.22. The summed E-state index contributed by atoms with van der Waals surface area (Å²) in [6.45, 7) is 2.42. The average molecular weight is 281 g/mol. The van der Waals surface area contributed by atoms with Crippen molar-refractivity contribution in [3.63, 3.8) is 0 Å². The van der Waals surface area contributed by atoms with Crippen molar-refractivity contribution in [3.8, 4) is 17.1 Å². The van der Waals surface area contributed by atoms with Crippen molar-refractivity contribution >= 4 is 16.9 Å². The van der Waals surface area contributed by atoms with Crippen LogP contribution in [0.15, 0.2) is 36.5 Å². The zero-order valence-corrected chi connectivity index (χ0v) is 11.4. The van der Waals surface area contributed by atoms with Gasteiger partial charge in [0, 0.05) is 23.2 Å². The number of nitrogens with two attached hydrogens (primary N) is 1. The number of pyridine rings is 1. The number of nitrogens with zero attached hydrogens (tertiary/aromatic N) is 3. The Morgan fingerprint density at radius 1 is 1.48 bits per heavy atom. The van der Waals surface area contributed by atoms with Crippen molar-refractivity contribution in [2.24, 2.45) is 5.73 Å². The number of rotatable bonds is 3. The van der Waals surface area contributed by atoms with Gasteiger partial charge in [-0.2, -0.15) is 9.78 Å². The standard InChI is InChI=1S/C15H13N4O2/c1-2-21-13-9-10(7-8-17-13)14-11-5-3-4-6-12(11)19(18-14)15(16)20/h4-9H,2H2,1H3,(H2,16,20). The molecule has 0 aliphatic rings. The summed E-state index contributed by atoms with van der Waals surface area (Å²) in [6, 6.07) is 11.2. The van der Waals surface area contributed by atoms with Gasteiger partial charge in [0.15, 0.2) is 0 Å². The SMILES string of the molecule is CCOc1cc(-c2nn(C(N)=O)c3cc[c]cc23)ccn1. The molecule has 0 aliphatic carbocycles. The number of hydrogen-bond acceptors (Lipinski definition) is 4. The molecule has 1 radical (unpaired) electrons. The topological polar surface area (TPSA) is 83.0 Å². The third-order valence-electron chi connectivity index (χ3n) is 3.03. The lowest BCUT2D eigenvalue weighted by molar-refractivity contribution is 0.248. The molecule has 0 bridgehead atoms. The van der Waals surface area contributed by atoms with E-state index in [-0.39, 0.29) is 0 Å². The van der Waals surface area contributed by atoms with Crippen molar-refractivity contribution in [2.45, 2.75) is 6.92 Å². The summed E-state index contributed by atoms with van der Waals surface area (Å²) in [6.07, 6.45) is 1.64. The molecule has 21 heavy (non-hydrogen) atoms. The van der Waals surface area contributed by atoms with Crippen LogP contribution in [0.5, 0.6) is 5.88 Å². The van der Waals surface area contributed by atoms with E-state index in [0.717, 1.165) is 10.9 Å². The Kier molecular flexibility index (Phi) is 3.27. The fraction of sp³-hybridized carbons (Fsp3) is 0.133. The van der Waals surface area contributed by atoms with E-state index in [0.29, 0.717) is 23.7 Å². The van der Waals surface area contributed by atoms with Crippen molar-refractivity contribution in [3.05, 3.63) is 42.6 Å². The summed E-state index contributed by atoms with van der Waals surface area (Å²) in [5.41, 5.74) is 7.45. The maximum absolute atomic E-state index is 11.5. The maximum atomic E-state index is 11.5. The van der Waals surface area contributed by atoms with Gasteiger partial charge in [-0.3, -0.25) is 0 Å². The second kappa shape index (κ2) is 5.24. The molecule has 105 valence electrons. The highest BCUT2D eigenvalue weighted by atomic mass is 16.5. The van der Waals surface area contributed by atoms with Gasteiger partial charge in [-0.25, -0.2) is 9.78 Å². The first-order valence-electron chi connectivity index (χ1n) is 6.48. The first-order valence-corrected chi connectivity index (χ1v) is 6.48. The number of primary amides is 1. The van der Waals surface area contributed by atoms with Gasteiger partial charge >= 0.3 is 6.03 Å². The van der Waals surface area contributed by atoms with Crippen LogP contribution in [0, 0.1) is 6.07 Å². The lowest BCUT2D eigenvalue weighted by Crippen LogP contribution is -2.20. The Bertz CT molecular complexity index is 810. The summed E-state index contributed by atoms with van der Waals surface area (Å²) in [7, 11) is 0. The first kappa shape index (κ1) is 13.1. The molecule has 1 aromatic carbocycles. The van der Waals surface area contributed by atoms with E-state index in [1.54, 1.807) is 30.5 Å². The van der Waals surface area contributed by atoms with E-state index in [1.165, 1.54) is 4.68 Å². The summed E-state index contributed by atoms with van der Waals surface area (Å²) in [5.74, 6) is 0.511. The number of ether oxygens (including phenoxy) is 1. The Labute approximate surface area is 121 Å². The number of aromatic nitrogens is 3. The third-order valence-corrected chi connectivity index (χ3v) is 3.03. The van der Waals surface area contributed by atoms with E-state index in [2.05, 4.69) is 16.1 Å². The molecule has 0 saturated heterocycles. The summed E-state index contributed by atoms with van der Waals surface area (Å²) in [4.78, 5) is 15.6. The molecule has 6 nitrogen and oxygen atoms in total. The Morgan fingerprint density at radius 3 is 3.10 bits per heavy atom. The number of benzene rings is 1. The van der Waals surface area contributed by atoms with Gasteiger partial charge in [0.1, 0.15) is 5.69 Å². The Balaban J connectivity index is 2.20. The molecule has 1 amide bonds. The van der Waals surface area contributed by atoms with Crippen molar-refractivity contribution in [2.75, 3.05) is 6.61 Å². The highest BCUT2D eigenvalue weighted by molar-refractivity contribution is 5.98. The minimum atomic E-state index is -0.628. The number of amides is 1. The zero-order chi connectivity index (χ0) is 14.8. The van der Waals surface area contributed by atoms with Crippen LogP contribution in [0.2, 0.25) is 0 Å². The van der Waals surface area contributed by atoms with Gasteiger partial charge < -0.3 is 10.5 Å². The molecule has 0 spiro atoms. The maximum Gasteiger partial charge on any atom is 0.340 e. The highest BCUT2D eigenvalue weighted by Crippen LogP contribution is 2.28. The van der Waals surface area contributed by atoms with Crippen LogP contribution in [-0.2, 0) is 0 Å². The van der Waals surface area contributed by atoms with Crippen molar-refractivity contribution < 1.29 is 9.53 Å².